The largest absolute Gasteiger partial charge is 0.394 e. The van der Waals surface area contributed by atoms with Gasteiger partial charge in [0.15, 0.2) is 0 Å². The van der Waals surface area contributed by atoms with Crippen molar-refractivity contribution in [2.45, 2.75) is 47.7 Å². The van der Waals surface area contributed by atoms with Gasteiger partial charge in [-0.05, 0) is 29.9 Å². The predicted molar refractivity (Wildman–Crippen MR) is 77.3 cm³/mol. The molecule has 5 heteroatoms. The zero-order chi connectivity index (χ0) is 13.2. The molecule has 2 heterocycles. The number of thiophene rings is 1. The molecule has 0 amide bonds. The second-order valence-corrected chi connectivity index (χ2v) is 7.60. The van der Waals surface area contributed by atoms with Crippen molar-refractivity contribution in [2.24, 2.45) is 0 Å². The van der Waals surface area contributed by atoms with Crippen molar-refractivity contribution in [3.8, 4) is 0 Å². The Balaban J connectivity index is 2.19. The van der Waals surface area contributed by atoms with E-state index in [0.717, 1.165) is 12.8 Å². The maximum Gasteiger partial charge on any atom is 0.0650 e. The van der Waals surface area contributed by atoms with E-state index < -0.39 is 5.54 Å². The fraction of sp³-hybridized carbons (Fsp3) is 0.692. The molecule has 1 aromatic rings. The lowest BCUT2D eigenvalue weighted by molar-refractivity contribution is 0.0759. The van der Waals surface area contributed by atoms with Crippen LogP contribution >= 0.6 is 23.1 Å². The molecule has 0 saturated heterocycles. The van der Waals surface area contributed by atoms with Gasteiger partial charge in [-0.25, -0.2) is 0 Å². The molecule has 0 bridgehead atoms. The average Bonchev–Trinajstić information content (AvgIpc) is 2.84. The molecule has 2 atom stereocenters. The van der Waals surface area contributed by atoms with Crippen LogP contribution in [0.1, 0.15) is 38.3 Å². The molecular weight excluding hydrogens is 266 g/mol. The third-order valence-corrected chi connectivity index (χ3v) is 6.02. The van der Waals surface area contributed by atoms with E-state index in [9.17, 15) is 10.2 Å². The topological polar surface area (TPSA) is 52.5 Å². The molecule has 1 aliphatic rings. The van der Waals surface area contributed by atoms with Gasteiger partial charge < -0.3 is 15.5 Å². The highest BCUT2D eigenvalue weighted by Crippen LogP contribution is 2.44. The molecule has 18 heavy (non-hydrogen) atoms. The average molecular weight is 287 g/mol. The van der Waals surface area contributed by atoms with E-state index in [1.54, 1.807) is 11.3 Å². The van der Waals surface area contributed by atoms with Crippen LogP contribution in [-0.2, 0) is 0 Å². The highest BCUT2D eigenvalue weighted by Gasteiger charge is 2.34. The van der Waals surface area contributed by atoms with Crippen LogP contribution in [0.4, 0.5) is 0 Å². The van der Waals surface area contributed by atoms with E-state index in [0.29, 0.717) is 5.25 Å². The Bertz CT molecular complexity index is 382. The number of aliphatic hydroxyl groups excluding tert-OH is 2. The summed E-state index contributed by atoms with van der Waals surface area (Å²) >= 11 is 3.70. The molecule has 0 saturated carbocycles. The molecule has 0 fully saturated rings. The van der Waals surface area contributed by atoms with Gasteiger partial charge in [-0.3, -0.25) is 0 Å². The molecule has 1 aliphatic heterocycles. The SMILES string of the molecule is CCC(CO)(CO)NC1C[C@H](C)Sc2sccc21. The molecule has 0 radical (unpaired) electrons. The van der Waals surface area contributed by atoms with Crippen LogP contribution < -0.4 is 5.32 Å². The van der Waals surface area contributed by atoms with Crippen LogP contribution in [-0.4, -0.2) is 34.2 Å². The lowest BCUT2D eigenvalue weighted by Gasteiger charge is -2.37. The summed E-state index contributed by atoms with van der Waals surface area (Å²) < 4.78 is 1.37. The van der Waals surface area contributed by atoms with Crippen LogP contribution in [0.3, 0.4) is 0 Å². The van der Waals surface area contributed by atoms with Crippen molar-refractivity contribution in [1.82, 2.24) is 5.32 Å². The molecule has 3 nitrogen and oxygen atoms in total. The summed E-state index contributed by atoms with van der Waals surface area (Å²) in [4.78, 5) is 0. The zero-order valence-corrected chi connectivity index (χ0v) is 12.5. The Morgan fingerprint density at radius 3 is 2.78 bits per heavy atom. The third-order valence-electron chi connectivity index (χ3n) is 3.67. The summed E-state index contributed by atoms with van der Waals surface area (Å²) in [6.45, 7) is 4.16. The Morgan fingerprint density at radius 1 is 1.44 bits per heavy atom. The highest BCUT2D eigenvalue weighted by atomic mass is 32.2. The van der Waals surface area contributed by atoms with Gasteiger partial charge in [-0.2, -0.15) is 0 Å². The number of hydrogen-bond donors (Lipinski definition) is 3. The first-order valence-corrected chi connectivity index (χ1v) is 8.13. The maximum absolute atomic E-state index is 9.55. The quantitative estimate of drug-likeness (QED) is 0.778. The number of fused-ring (bicyclic) bond motifs is 1. The summed E-state index contributed by atoms with van der Waals surface area (Å²) in [6.07, 6.45) is 1.76. The zero-order valence-electron chi connectivity index (χ0n) is 10.8. The van der Waals surface area contributed by atoms with Crippen LogP contribution in [0.25, 0.3) is 0 Å². The van der Waals surface area contributed by atoms with E-state index in [1.807, 2.05) is 18.7 Å². The molecule has 3 N–H and O–H groups in total. The van der Waals surface area contributed by atoms with Crippen LogP contribution in [0.2, 0.25) is 0 Å². The van der Waals surface area contributed by atoms with E-state index in [1.165, 1.54) is 9.77 Å². The Morgan fingerprint density at radius 2 is 2.17 bits per heavy atom. The number of hydrogen-bond acceptors (Lipinski definition) is 5. The van der Waals surface area contributed by atoms with Crippen molar-refractivity contribution in [1.29, 1.82) is 0 Å². The number of nitrogens with one attached hydrogen (secondary N) is 1. The van der Waals surface area contributed by atoms with Gasteiger partial charge in [0.05, 0.1) is 23.0 Å². The predicted octanol–water partition coefficient (Wildman–Crippen LogP) is 2.40. The fourth-order valence-corrected chi connectivity index (χ4v) is 4.89. The second-order valence-electron chi connectivity index (χ2n) is 4.97. The fourth-order valence-electron chi connectivity index (χ4n) is 2.32. The first-order chi connectivity index (χ1) is 8.64. The van der Waals surface area contributed by atoms with Crippen LogP contribution in [0.5, 0.6) is 0 Å². The first-order valence-electron chi connectivity index (χ1n) is 6.37. The van der Waals surface area contributed by atoms with E-state index >= 15 is 0 Å². The van der Waals surface area contributed by atoms with Crippen LogP contribution in [0.15, 0.2) is 15.7 Å². The number of aliphatic hydroxyl groups is 2. The van der Waals surface area contributed by atoms with Gasteiger partial charge in [0.25, 0.3) is 0 Å². The minimum absolute atomic E-state index is 0.0303. The van der Waals surface area contributed by atoms with Crippen molar-refractivity contribution >= 4 is 23.1 Å². The molecule has 1 aromatic heterocycles. The Hall–Kier alpha value is -0.0700. The monoisotopic (exact) mass is 287 g/mol. The van der Waals surface area contributed by atoms with Crippen molar-refractivity contribution in [3.63, 3.8) is 0 Å². The molecular formula is C13H21NO2S2. The van der Waals surface area contributed by atoms with Gasteiger partial charge >= 0.3 is 0 Å². The van der Waals surface area contributed by atoms with Crippen molar-refractivity contribution < 1.29 is 10.2 Å². The summed E-state index contributed by atoms with van der Waals surface area (Å²) in [5.74, 6) is 0. The van der Waals surface area contributed by atoms with Gasteiger partial charge in [0, 0.05) is 11.3 Å². The smallest absolute Gasteiger partial charge is 0.0650 e. The molecule has 1 unspecified atom stereocenters. The molecule has 0 spiro atoms. The minimum Gasteiger partial charge on any atom is -0.394 e. The summed E-state index contributed by atoms with van der Waals surface area (Å²) in [6, 6.07) is 2.40. The highest BCUT2D eigenvalue weighted by molar-refractivity contribution is 8.01. The second kappa shape index (κ2) is 5.92. The lowest BCUT2D eigenvalue weighted by Crippen LogP contribution is -2.53. The molecule has 102 valence electrons. The van der Waals surface area contributed by atoms with Gasteiger partial charge in [0.1, 0.15) is 0 Å². The number of rotatable bonds is 5. The Kier molecular flexibility index (Phi) is 4.72. The van der Waals surface area contributed by atoms with Crippen molar-refractivity contribution in [2.75, 3.05) is 13.2 Å². The maximum atomic E-state index is 9.55. The standard InChI is InChI=1S/C13H21NO2S2/c1-3-13(7-15,8-16)14-11-6-9(2)18-12-10(11)4-5-17-12/h4-5,9,11,14-16H,3,6-8H2,1-2H3/t9-,11?/m0/s1. The molecule has 0 aliphatic carbocycles. The van der Waals surface area contributed by atoms with E-state index in [2.05, 4.69) is 23.7 Å². The summed E-state index contributed by atoms with van der Waals surface area (Å²) in [5, 5.41) is 25.3. The van der Waals surface area contributed by atoms with Crippen molar-refractivity contribution in [3.05, 3.63) is 17.0 Å². The van der Waals surface area contributed by atoms with Crippen LogP contribution in [0, 0.1) is 0 Å². The van der Waals surface area contributed by atoms with Gasteiger partial charge in [-0.15, -0.1) is 23.1 Å². The van der Waals surface area contributed by atoms with E-state index in [-0.39, 0.29) is 19.3 Å². The molecule has 2 rings (SSSR count). The Labute approximate surface area is 117 Å². The normalized spacial score (nSPS) is 24.0. The third kappa shape index (κ3) is 2.75. The summed E-state index contributed by atoms with van der Waals surface area (Å²) in [5.41, 5.74) is 0.758. The minimum atomic E-state index is -0.564. The van der Waals surface area contributed by atoms with Gasteiger partial charge in [-0.1, -0.05) is 13.8 Å². The number of thioether (sulfide) groups is 1. The van der Waals surface area contributed by atoms with E-state index in [4.69, 9.17) is 0 Å². The summed E-state index contributed by atoms with van der Waals surface area (Å²) in [7, 11) is 0. The molecule has 0 aromatic carbocycles. The first kappa shape index (κ1) is 14.3. The lowest BCUT2D eigenvalue weighted by atomic mass is 9.94. The van der Waals surface area contributed by atoms with Gasteiger partial charge in [0.2, 0.25) is 0 Å².